The molecule has 2 atom stereocenters. The molecule has 0 fully saturated rings. The predicted octanol–water partition coefficient (Wildman–Crippen LogP) is 1.52. The van der Waals surface area contributed by atoms with Crippen LogP contribution < -0.4 is 5.73 Å². The first-order valence-electron chi connectivity index (χ1n) is 4.46. The molecule has 4 heteroatoms. The predicted molar refractivity (Wildman–Crippen MR) is 58.1 cm³/mol. The molecule has 0 bridgehead atoms. The lowest BCUT2D eigenvalue weighted by molar-refractivity contribution is 0.489. The van der Waals surface area contributed by atoms with Gasteiger partial charge in [0, 0.05) is 0 Å². The number of rotatable bonds is 4. The molecule has 2 unspecified atom stereocenters. The molecule has 0 aliphatic rings. The monoisotopic (exact) mass is 213 g/mol. The molecule has 78 valence electrons. The SMILES string of the molecule is CC(N)(CCc1ccccc1)S(=O)O. The maximum Gasteiger partial charge on any atom is 0.173 e. The molecule has 0 aromatic heterocycles. The van der Waals surface area contributed by atoms with Crippen molar-refractivity contribution in [3.8, 4) is 0 Å². The van der Waals surface area contributed by atoms with Crippen LogP contribution in [0.2, 0.25) is 0 Å². The van der Waals surface area contributed by atoms with E-state index in [9.17, 15) is 4.21 Å². The molecule has 0 aliphatic heterocycles. The molecule has 0 heterocycles. The van der Waals surface area contributed by atoms with E-state index in [4.69, 9.17) is 10.3 Å². The molecule has 0 aliphatic carbocycles. The summed E-state index contributed by atoms with van der Waals surface area (Å²) in [6.45, 7) is 1.59. The van der Waals surface area contributed by atoms with E-state index in [1.165, 1.54) is 0 Å². The van der Waals surface area contributed by atoms with Gasteiger partial charge in [0.15, 0.2) is 11.1 Å². The highest BCUT2D eigenvalue weighted by molar-refractivity contribution is 7.80. The van der Waals surface area contributed by atoms with Crippen molar-refractivity contribution >= 4 is 11.1 Å². The van der Waals surface area contributed by atoms with Crippen LogP contribution in [-0.2, 0) is 17.5 Å². The van der Waals surface area contributed by atoms with Crippen LogP contribution in [0.4, 0.5) is 0 Å². The minimum absolute atomic E-state index is 0.500. The van der Waals surface area contributed by atoms with E-state index >= 15 is 0 Å². The Morgan fingerprint density at radius 1 is 1.43 bits per heavy atom. The van der Waals surface area contributed by atoms with E-state index in [0.29, 0.717) is 6.42 Å². The summed E-state index contributed by atoms with van der Waals surface area (Å²) < 4.78 is 19.7. The van der Waals surface area contributed by atoms with Gasteiger partial charge < -0.3 is 10.3 Å². The first-order valence-corrected chi connectivity index (χ1v) is 5.57. The zero-order chi connectivity index (χ0) is 10.6. The van der Waals surface area contributed by atoms with Crippen LogP contribution >= 0.6 is 0 Å². The van der Waals surface area contributed by atoms with Crippen molar-refractivity contribution in [1.29, 1.82) is 0 Å². The van der Waals surface area contributed by atoms with Crippen LogP contribution in [-0.4, -0.2) is 13.6 Å². The van der Waals surface area contributed by atoms with Gasteiger partial charge in [-0.2, -0.15) is 0 Å². The van der Waals surface area contributed by atoms with E-state index in [-0.39, 0.29) is 0 Å². The van der Waals surface area contributed by atoms with Crippen LogP contribution in [0.5, 0.6) is 0 Å². The van der Waals surface area contributed by atoms with Crippen molar-refractivity contribution in [1.82, 2.24) is 0 Å². The third kappa shape index (κ3) is 3.21. The molecule has 1 aromatic rings. The van der Waals surface area contributed by atoms with Crippen molar-refractivity contribution in [2.75, 3.05) is 0 Å². The second-order valence-electron chi connectivity index (χ2n) is 3.55. The van der Waals surface area contributed by atoms with Gasteiger partial charge in [-0.15, -0.1) is 0 Å². The molecule has 0 amide bonds. The lowest BCUT2D eigenvalue weighted by atomic mass is 10.1. The lowest BCUT2D eigenvalue weighted by Crippen LogP contribution is -2.41. The van der Waals surface area contributed by atoms with Gasteiger partial charge in [0.1, 0.15) is 4.87 Å². The van der Waals surface area contributed by atoms with Crippen molar-refractivity contribution < 1.29 is 8.76 Å². The first kappa shape index (κ1) is 11.4. The normalized spacial score (nSPS) is 17.4. The maximum absolute atomic E-state index is 10.8. The summed E-state index contributed by atoms with van der Waals surface area (Å²) in [4.78, 5) is -1.02. The van der Waals surface area contributed by atoms with Crippen LogP contribution in [0, 0.1) is 0 Å². The summed E-state index contributed by atoms with van der Waals surface area (Å²) in [6, 6.07) is 9.79. The molecule has 0 saturated carbocycles. The zero-order valence-corrected chi connectivity index (χ0v) is 8.96. The molecule has 0 spiro atoms. The molecule has 3 nitrogen and oxygen atoms in total. The van der Waals surface area contributed by atoms with Crippen molar-refractivity contribution in [2.24, 2.45) is 5.73 Å². The van der Waals surface area contributed by atoms with E-state index in [2.05, 4.69) is 0 Å². The van der Waals surface area contributed by atoms with E-state index in [1.807, 2.05) is 30.3 Å². The summed E-state index contributed by atoms with van der Waals surface area (Å²) in [5, 5.41) is 0. The Balaban J connectivity index is 2.53. The molecule has 0 radical (unpaired) electrons. The highest BCUT2D eigenvalue weighted by atomic mass is 32.2. The highest BCUT2D eigenvalue weighted by Crippen LogP contribution is 2.13. The number of benzene rings is 1. The largest absolute Gasteiger partial charge is 0.313 e. The highest BCUT2D eigenvalue weighted by Gasteiger charge is 2.24. The molecule has 0 saturated heterocycles. The van der Waals surface area contributed by atoms with Gasteiger partial charge >= 0.3 is 0 Å². The van der Waals surface area contributed by atoms with E-state index in [0.717, 1.165) is 12.0 Å². The van der Waals surface area contributed by atoms with Crippen molar-refractivity contribution in [2.45, 2.75) is 24.6 Å². The van der Waals surface area contributed by atoms with Crippen molar-refractivity contribution in [3.63, 3.8) is 0 Å². The Labute approximate surface area is 86.6 Å². The fraction of sp³-hybridized carbons (Fsp3) is 0.400. The number of nitrogens with two attached hydrogens (primary N) is 1. The van der Waals surface area contributed by atoms with Crippen LogP contribution in [0.25, 0.3) is 0 Å². The van der Waals surface area contributed by atoms with Gasteiger partial charge in [-0.1, -0.05) is 30.3 Å². The molecule has 14 heavy (non-hydrogen) atoms. The fourth-order valence-corrected chi connectivity index (χ4v) is 1.40. The Hall–Kier alpha value is -0.710. The fourth-order valence-electron chi connectivity index (χ4n) is 1.12. The topological polar surface area (TPSA) is 63.3 Å². The van der Waals surface area contributed by atoms with Crippen LogP contribution in [0.1, 0.15) is 18.9 Å². The average molecular weight is 213 g/mol. The Bertz CT molecular complexity index is 311. The minimum atomic E-state index is -1.97. The summed E-state index contributed by atoms with van der Waals surface area (Å²) in [5.41, 5.74) is 6.79. The van der Waals surface area contributed by atoms with Gasteiger partial charge in [0.05, 0.1) is 0 Å². The average Bonchev–Trinajstić information content (AvgIpc) is 2.16. The van der Waals surface area contributed by atoms with E-state index < -0.39 is 16.0 Å². The van der Waals surface area contributed by atoms with Gasteiger partial charge in [0.25, 0.3) is 0 Å². The summed E-state index contributed by atoms with van der Waals surface area (Å²) in [6.07, 6.45) is 1.22. The zero-order valence-electron chi connectivity index (χ0n) is 8.14. The maximum atomic E-state index is 10.8. The second kappa shape index (κ2) is 4.68. The lowest BCUT2D eigenvalue weighted by Gasteiger charge is -2.19. The number of aryl methyl sites for hydroxylation is 1. The van der Waals surface area contributed by atoms with Gasteiger partial charge in [0.2, 0.25) is 0 Å². The summed E-state index contributed by atoms with van der Waals surface area (Å²) >= 11 is -1.97. The molecular formula is C10H15NO2S. The van der Waals surface area contributed by atoms with Crippen LogP contribution in [0.3, 0.4) is 0 Å². The number of hydrogen-bond acceptors (Lipinski definition) is 2. The first-order chi connectivity index (χ1) is 6.52. The standard InChI is InChI=1S/C10H15NO2S/c1-10(11,14(12)13)8-7-9-5-3-2-4-6-9/h2-6H,7-8,11H2,1H3,(H,12,13). The van der Waals surface area contributed by atoms with Gasteiger partial charge in [-0.3, -0.25) is 0 Å². The quantitative estimate of drug-likeness (QED) is 0.745. The Kier molecular flexibility index (Phi) is 3.80. The Morgan fingerprint density at radius 2 is 2.00 bits per heavy atom. The minimum Gasteiger partial charge on any atom is -0.313 e. The summed E-state index contributed by atoms with van der Waals surface area (Å²) in [7, 11) is 0. The Morgan fingerprint density at radius 3 is 2.50 bits per heavy atom. The smallest absolute Gasteiger partial charge is 0.173 e. The van der Waals surface area contributed by atoms with Crippen LogP contribution in [0.15, 0.2) is 30.3 Å². The molecular weight excluding hydrogens is 198 g/mol. The van der Waals surface area contributed by atoms with Gasteiger partial charge in [-0.25, -0.2) is 4.21 Å². The third-order valence-electron chi connectivity index (χ3n) is 2.15. The molecule has 1 rings (SSSR count). The molecule has 3 N–H and O–H groups in total. The van der Waals surface area contributed by atoms with Crippen molar-refractivity contribution in [3.05, 3.63) is 35.9 Å². The second-order valence-corrected chi connectivity index (χ2v) is 4.98. The summed E-state index contributed by atoms with van der Waals surface area (Å²) in [5.74, 6) is 0. The number of hydrogen-bond donors (Lipinski definition) is 2. The van der Waals surface area contributed by atoms with Gasteiger partial charge in [-0.05, 0) is 25.3 Å². The third-order valence-corrected chi connectivity index (χ3v) is 3.15. The van der Waals surface area contributed by atoms with E-state index in [1.54, 1.807) is 6.92 Å². The molecule has 1 aromatic carbocycles.